The molecule has 29 heavy (non-hydrogen) atoms. The van der Waals surface area contributed by atoms with Gasteiger partial charge in [0, 0.05) is 40.8 Å². The van der Waals surface area contributed by atoms with Crippen molar-refractivity contribution in [2.24, 2.45) is 7.05 Å². The van der Waals surface area contributed by atoms with Crippen LogP contribution in [0.25, 0.3) is 11.3 Å². The molecule has 2 aromatic heterocycles. The number of benzene rings is 1. The predicted octanol–water partition coefficient (Wildman–Crippen LogP) is 2.27. The summed E-state index contributed by atoms with van der Waals surface area (Å²) >= 11 is 0. The minimum absolute atomic E-state index is 0.293. The van der Waals surface area contributed by atoms with Gasteiger partial charge in [0.25, 0.3) is 5.91 Å². The first-order chi connectivity index (χ1) is 13.8. The maximum absolute atomic E-state index is 12.9. The van der Waals surface area contributed by atoms with Crippen LogP contribution < -0.4 is 19.9 Å². The van der Waals surface area contributed by atoms with Crippen LogP contribution in [-0.4, -0.2) is 61.0 Å². The standard InChI is InChI=1S/C20H25N7O2/c1-25(2)18-16(12-21-20(23-18)26(3)4)22-19(28)17-11-15(24-27(17)5)13-8-7-9-14(10-13)29-6/h7-12H,1-6H3,(H,22,28). The second-order valence-electron chi connectivity index (χ2n) is 6.92. The maximum Gasteiger partial charge on any atom is 0.274 e. The molecule has 0 unspecified atom stereocenters. The van der Waals surface area contributed by atoms with Gasteiger partial charge in [-0.1, -0.05) is 12.1 Å². The molecule has 0 aliphatic rings. The van der Waals surface area contributed by atoms with E-state index in [0.29, 0.717) is 28.8 Å². The third kappa shape index (κ3) is 4.29. The van der Waals surface area contributed by atoms with Crippen LogP contribution in [0.5, 0.6) is 5.75 Å². The number of carbonyl (C=O) groups is 1. The quantitative estimate of drug-likeness (QED) is 0.685. The molecule has 0 aliphatic carbocycles. The van der Waals surface area contributed by atoms with Gasteiger partial charge in [-0.3, -0.25) is 9.48 Å². The molecule has 0 fully saturated rings. The highest BCUT2D eigenvalue weighted by Crippen LogP contribution is 2.26. The van der Waals surface area contributed by atoms with Crippen LogP contribution in [0.1, 0.15) is 10.5 Å². The van der Waals surface area contributed by atoms with E-state index in [0.717, 1.165) is 11.3 Å². The predicted molar refractivity (Wildman–Crippen MR) is 114 cm³/mol. The minimum atomic E-state index is -0.293. The zero-order valence-electron chi connectivity index (χ0n) is 17.5. The fourth-order valence-corrected chi connectivity index (χ4v) is 2.80. The molecule has 0 atom stereocenters. The van der Waals surface area contributed by atoms with E-state index in [2.05, 4.69) is 20.4 Å². The molecule has 0 spiro atoms. The molecule has 0 saturated carbocycles. The van der Waals surface area contributed by atoms with Crippen molar-refractivity contribution >= 4 is 23.4 Å². The number of aromatic nitrogens is 4. The van der Waals surface area contributed by atoms with Crippen LogP contribution in [0.4, 0.5) is 17.5 Å². The van der Waals surface area contributed by atoms with Crippen molar-refractivity contribution in [3.05, 3.63) is 42.2 Å². The van der Waals surface area contributed by atoms with Crippen molar-refractivity contribution in [1.82, 2.24) is 19.7 Å². The Bertz CT molecular complexity index is 1030. The van der Waals surface area contributed by atoms with Crippen LogP contribution >= 0.6 is 0 Å². The number of carbonyl (C=O) groups excluding carboxylic acids is 1. The fourth-order valence-electron chi connectivity index (χ4n) is 2.80. The molecule has 9 heteroatoms. The Labute approximate surface area is 169 Å². The van der Waals surface area contributed by atoms with E-state index in [4.69, 9.17) is 4.74 Å². The Morgan fingerprint density at radius 3 is 2.55 bits per heavy atom. The van der Waals surface area contributed by atoms with Crippen molar-refractivity contribution in [3.63, 3.8) is 0 Å². The summed E-state index contributed by atoms with van der Waals surface area (Å²) in [5, 5.41) is 7.36. The number of anilines is 3. The van der Waals surface area contributed by atoms with Crippen LogP contribution in [0.3, 0.4) is 0 Å². The monoisotopic (exact) mass is 395 g/mol. The molecule has 1 aromatic carbocycles. The smallest absolute Gasteiger partial charge is 0.274 e. The number of hydrogen-bond donors (Lipinski definition) is 1. The van der Waals surface area contributed by atoms with E-state index >= 15 is 0 Å². The van der Waals surface area contributed by atoms with Crippen LogP contribution in [0.15, 0.2) is 36.5 Å². The lowest BCUT2D eigenvalue weighted by molar-refractivity contribution is 0.101. The first kappa shape index (κ1) is 20.1. The molecule has 1 N–H and O–H groups in total. The number of aryl methyl sites for hydroxylation is 1. The molecular weight excluding hydrogens is 370 g/mol. The molecular formula is C20H25N7O2. The van der Waals surface area contributed by atoms with Crippen molar-refractivity contribution in [2.75, 3.05) is 50.4 Å². The van der Waals surface area contributed by atoms with Gasteiger partial charge in [0.2, 0.25) is 5.95 Å². The van der Waals surface area contributed by atoms with E-state index < -0.39 is 0 Å². The lowest BCUT2D eigenvalue weighted by Gasteiger charge is -2.19. The molecule has 3 rings (SSSR count). The highest BCUT2D eigenvalue weighted by atomic mass is 16.5. The highest BCUT2D eigenvalue weighted by Gasteiger charge is 2.18. The lowest BCUT2D eigenvalue weighted by atomic mass is 10.1. The van der Waals surface area contributed by atoms with Crippen molar-refractivity contribution in [2.45, 2.75) is 0 Å². The Balaban J connectivity index is 1.89. The normalized spacial score (nSPS) is 10.6. The van der Waals surface area contributed by atoms with Crippen molar-refractivity contribution < 1.29 is 9.53 Å². The van der Waals surface area contributed by atoms with Gasteiger partial charge < -0.3 is 19.9 Å². The summed E-state index contributed by atoms with van der Waals surface area (Å²) in [5.41, 5.74) is 2.49. The summed E-state index contributed by atoms with van der Waals surface area (Å²) in [6.07, 6.45) is 1.61. The van der Waals surface area contributed by atoms with E-state index in [1.807, 2.05) is 57.4 Å². The first-order valence-electron chi connectivity index (χ1n) is 9.01. The molecule has 2 heterocycles. The third-order valence-electron chi connectivity index (χ3n) is 4.31. The molecule has 0 bridgehead atoms. The number of ether oxygens (including phenoxy) is 1. The largest absolute Gasteiger partial charge is 0.497 e. The average molecular weight is 395 g/mol. The van der Waals surface area contributed by atoms with Gasteiger partial charge >= 0.3 is 0 Å². The van der Waals surface area contributed by atoms with Gasteiger partial charge in [0.1, 0.15) is 17.1 Å². The fraction of sp³-hybridized carbons (Fsp3) is 0.300. The molecule has 0 saturated heterocycles. The Morgan fingerprint density at radius 2 is 1.90 bits per heavy atom. The topological polar surface area (TPSA) is 88.4 Å². The van der Waals surface area contributed by atoms with E-state index in [-0.39, 0.29) is 5.91 Å². The third-order valence-corrected chi connectivity index (χ3v) is 4.31. The summed E-state index contributed by atoms with van der Waals surface area (Å²) in [4.78, 5) is 25.4. The van der Waals surface area contributed by atoms with Gasteiger partial charge in [0.05, 0.1) is 19.0 Å². The van der Waals surface area contributed by atoms with Crippen LogP contribution in [0.2, 0.25) is 0 Å². The summed E-state index contributed by atoms with van der Waals surface area (Å²) in [6, 6.07) is 9.29. The van der Waals surface area contributed by atoms with Gasteiger partial charge in [-0.2, -0.15) is 10.1 Å². The average Bonchev–Trinajstić information content (AvgIpc) is 3.09. The Morgan fingerprint density at radius 1 is 1.14 bits per heavy atom. The van der Waals surface area contributed by atoms with E-state index in [1.54, 1.807) is 36.0 Å². The van der Waals surface area contributed by atoms with Gasteiger partial charge in [-0.25, -0.2) is 4.98 Å². The SMILES string of the molecule is COc1cccc(-c2cc(C(=O)Nc3cnc(N(C)C)nc3N(C)C)n(C)n2)c1. The molecule has 0 aliphatic heterocycles. The molecule has 9 nitrogen and oxygen atoms in total. The minimum Gasteiger partial charge on any atom is -0.497 e. The number of nitrogens with one attached hydrogen (secondary N) is 1. The zero-order chi connectivity index (χ0) is 21.1. The van der Waals surface area contributed by atoms with Gasteiger partial charge in [-0.05, 0) is 18.2 Å². The van der Waals surface area contributed by atoms with Gasteiger partial charge in [0.15, 0.2) is 5.82 Å². The molecule has 3 aromatic rings. The number of amides is 1. The molecule has 152 valence electrons. The number of nitrogens with zero attached hydrogens (tertiary/aromatic N) is 6. The second-order valence-corrected chi connectivity index (χ2v) is 6.92. The molecule has 1 amide bonds. The molecule has 0 radical (unpaired) electrons. The Hall–Kier alpha value is -3.62. The van der Waals surface area contributed by atoms with Crippen LogP contribution in [0, 0.1) is 0 Å². The summed E-state index contributed by atoms with van der Waals surface area (Å²) in [6.45, 7) is 0. The van der Waals surface area contributed by atoms with Gasteiger partial charge in [-0.15, -0.1) is 0 Å². The maximum atomic E-state index is 12.9. The second kappa shape index (κ2) is 8.17. The Kier molecular flexibility index (Phi) is 5.67. The first-order valence-corrected chi connectivity index (χ1v) is 9.01. The highest BCUT2D eigenvalue weighted by molar-refractivity contribution is 6.05. The van der Waals surface area contributed by atoms with E-state index in [9.17, 15) is 4.79 Å². The summed E-state index contributed by atoms with van der Waals surface area (Å²) in [7, 11) is 10.8. The lowest BCUT2D eigenvalue weighted by Crippen LogP contribution is -2.22. The van der Waals surface area contributed by atoms with Crippen molar-refractivity contribution in [3.8, 4) is 17.0 Å². The number of methoxy groups -OCH3 is 1. The number of hydrogen-bond acceptors (Lipinski definition) is 7. The van der Waals surface area contributed by atoms with Crippen LogP contribution in [-0.2, 0) is 7.05 Å². The summed E-state index contributed by atoms with van der Waals surface area (Å²) < 4.78 is 6.82. The van der Waals surface area contributed by atoms with Crippen molar-refractivity contribution in [1.29, 1.82) is 0 Å². The number of rotatable bonds is 6. The van der Waals surface area contributed by atoms with E-state index in [1.165, 1.54) is 0 Å². The zero-order valence-corrected chi connectivity index (χ0v) is 17.5. The summed E-state index contributed by atoms with van der Waals surface area (Å²) in [5.74, 6) is 1.62.